The molecule has 4 nitrogen and oxygen atoms in total. The van der Waals surface area contributed by atoms with Crippen molar-refractivity contribution in [3.05, 3.63) is 46.9 Å². The average Bonchev–Trinajstić information content (AvgIpc) is 3.19. The zero-order valence-corrected chi connectivity index (χ0v) is 13.2. The first-order valence-electron chi connectivity index (χ1n) is 7.76. The molecule has 0 spiro atoms. The minimum absolute atomic E-state index is 0.146. The van der Waals surface area contributed by atoms with Crippen LogP contribution in [0.3, 0.4) is 0 Å². The third kappa shape index (κ3) is 2.55. The van der Waals surface area contributed by atoms with Crippen molar-refractivity contribution in [2.45, 2.75) is 13.0 Å². The number of carbonyl (C=O) groups is 1. The number of piperidine rings is 1. The summed E-state index contributed by atoms with van der Waals surface area (Å²) in [6, 6.07) is 6.05. The van der Waals surface area contributed by atoms with Gasteiger partial charge in [-0.3, -0.25) is 14.7 Å². The maximum Gasteiger partial charge on any atom is 0.231 e. The summed E-state index contributed by atoms with van der Waals surface area (Å²) in [5, 5.41) is 4.32. The molecule has 2 aromatic heterocycles. The Morgan fingerprint density at radius 2 is 2.27 bits per heavy atom. The van der Waals surface area contributed by atoms with E-state index >= 15 is 0 Å². The molecule has 0 N–H and O–H groups in total. The van der Waals surface area contributed by atoms with E-state index in [0.29, 0.717) is 5.92 Å². The Kier molecular flexibility index (Phi) is 3.68. The predicted octanol–water partition coefficient (Wildman–Crippen LogP) is 2.63. The number of pyridine rings is 1. The van der Waals surface area contributed by atoms with Crippen molar-refractivity contribution < 1.29 is 4.79 Å². The predicted molar refractivity (Wildman–Crippen MR) is 87.8 cm³/mol. The Hall–Kier alpha value is -1.72. The standard InChI is InChI=1S/C17H19N3OS/c21-17-16-11-19(9-13-4-7-22-12-13)10-14(16)3-6-20(17)15-2-1-5-18-8-15/h1-2,4-5,7-8,12,14,16H,3,6,9-11H2. The first-order valence-corrected chi connectivity index (χ1v) is 8.70. The molecule has 1 amide bonds. The Bertz CT molecular complexity index is 643. The van der Waals surface area contributed by atoms with Crippen molar-refractivity contribution >= 4 is 22.9 Å². The molecule has 0 radical (unpaired) electrons. The number of amides is 1. The molecule has 2 aliphatic heterocycles. The van der Waals surface area contributed by atoms with Crippen LogP contribution in [0.25, 0.3) is 0 Å². The topological polar surface area (TPSA) is 36.4 Å². The minimum atomic E-state index is 0.146. The molecule has 0 aliphatic carbocycles. The molecule has 2 aromatic rings. The van der Waals surface area contributed by atoms with Gasteiger partial charge in [0.2, 0.25) is 5.91 Å². The summed E-state index contributed by atoms with van der Waals surface area (Å²) >= 11 is 1.74. The van der Waals surface area contributed by atoms with Crippen LogP contribution in [0.4, 0.5) is 5.69 Å². The van der Waals surface area contributed by atoms with E-state index < -0.39 is 0 Å². The molecular formula is C17H19N3OS. The average molecular weight is 313 g/mol. The van der Waals surface area contributed by atoms with E-state index in [2.05, 4.69) is 26.7 Å². The van der Waals surface area contributed by atoms with E-state index in [1.807, 2.05) is 17.0 Å². The van der Waals surface area contributed by atoms with Crippen LogP contribution in [0.2, 0.25) is 0 Å². The Labute approximate surface area is 134 Å². The van der Waals surface area contributed by atoms with Crippen LogP contribution in [0, 0.1) is 11.8 Å². The molecule has 0 aromatic carbocycles. The minimum Gasteiger partial charge on any atom is -0.311 e. The van der Waals surface area contributed by atoms with Gasteiger partial charge in [0.1, 0.15) is 0 Å². The summed E-state index contributed by atoms with van der Waals surface area (Å²) in [7, 11) is 0. The number of thiophene rings is 1. The van der Waals surface area contributed by atoms with Gasteiger partial charge < -0.3 is 4.90 Å². The Morgan fingerprint density at radius 1 is 1.32 bits per heavy atom. The van der Waals surface area contributed by atoms with Crippen molar-refractivity contribution in [3.8, 4) is 0 Å². The van der Waals surface area contributed by atoms with Crippen molar-refractivity contribution in [2.75, 3.05) is 24.5 Å². The second-order valence-corrected chi connectivity index (χ2v) is 6.96. The highest BCUT2D eigenvalue weighted by Crippen LogP contribution is 2.34. The molecule has 4 rings (SSSR count). The summed E-state index contributed by atoms with van der Waals surface area (Å²) < 4.78 is 0. The number of aromatic nitrogens is 1. The molecule has 2 fully saturated rings. The van der Waals surface area contributed by atoms with E-state index in [1.54, 1.807) is 23.7 Å². The molecule has 5 heteroatoms. The molecule has 2 aliphatic rings. The van der Waals surface area contributed by atoms with Gasteiger partial charge in [0, 0.05) is 32.4 Å². The zero-order chi connectivity index (χ0) is 14.9. The van der Waals surface area contributed by atoms with Gasteiger partial charge in [0.05, 0.1) is 17.8 Å². The lowest BCUT2D eigenvalue weighted by molar-refractivity contribution is -0.124. The van der Waals surface area contributed by atoms with Crippen molar-refractivity contribution in [1.29, 1.82) is 0 Å². The molecule has 2 unspecified atom stereocenters. The number of carbonyl (C=O) groups excluding carboxylic acids is 1. The number of hydrogen-bond donors (Lipinski definition) is 0. The molecule has 0 saturated carbocycles. The van der Waals surface area contributed by atoms with E-state index in [0.717, 1.165) is 38.3 Å². The van der Waals surface area contributed by atoms with Gasteiger partial charge in [0.25, 0.3) is 0 Å². The van der Waals surface area contributed by atoms with Gasteiger partial charge in [-0.05, 0) is 46.9 Å². The third-order valence-corrected chi connectivity index (χ3v) is 5.50. The van der Waals surface area contributed by atoms with E-state index in [-0.39, 0.29) is 11.8 Å². The lowest BCUT2D eigenvalue weighted by atomic mass is 9.88. The van der Waals surface area contributed by atoms with Gasteiger partial charge in [-0.15, -0.1) is 0 Å². The van der Waals surface area contributed by atoms with Gasteiger partial charge in [-0.2, -0.15) is 11.3 Å². The van der Waals surface area contributed by atoms with E-state index in [9.17, 15) is 4.79 Å². The third-order valence-electron chi connectivity index (χ3n) is 4.77. The van der Waals surface area contributed by atoms with Crippen LogP contribution in [0.15, 0.2) is 41.4 Å². The number of rotatable bonds is 3. The normalized spacial score (nSPS) is 25.5. The lowest BCUT2D eigenvalue weighted by Gasteiger charge is -2.33. The van der Waals surface area contributed by atoms with Crippen LogP contribution in [-0.2, 0) is 11.3 Å². The lowest BCUT2D eigenvalue weighted by Crippen LogP contribution is -2.45. The summed E-state index contributed by atoms with van der Waals surface area (Å²) in [4.78, 5) is 21.3. The number of fused-ring (bicyclic) bond motifs is 1. The van der Waals surface area contributed by atoms with E-state index in [4.69, 9.17) is 0 Å². The largest absolute Gasteiger partial charge is 0.311 e. The summed E-state index contributed by atoms with van der Waals surface area (Å²) in [6.07, 6.45) is 4.63. The van der Waals surface area contributed by atoms with Gasteiger partial charge in [-0.1, -0.05) is 0 Å². The van der Waals surface area contributed by atoms with Crippen molar-refractivity contribution in [1.82, 2.24) is 9.88 Å². The molecule has 22 heavy (non-hydrogen) atoms. The Morgan fingerprint density at radius 3 is 3.05 bits per heavy atom. The smallest absolute Gasteiger partial charge is 0.231 e. The van der Waals surface area contributed by atoms with E-state index in [1.165, 1.54) is 5.56 Å². The fourth-order valence-electron chi connectivity index (χ4n) is 3.68. The monoisotopic (exact) mass is 313 g/mol. The first kappa shape index (κ1) is 13.9. The molecule has 2 atom stereocenters. The molecular weight excluding hydrogens is 294 g/mol. The molecule has 0 bridgehead atoms. The number of hydrogen-bond acceptors (Lipinski definition) is 4. The number of anilines is 1. The second kappa shape index (κ2) is 5.82. The molecule has 114 valence electrons. The molecule has 2 saturated heterocycles. The van der Waals surface area contributed by atoms with Crippen LogP contribution in [-0.4, -0.2) is 35.4 Å². The number of nitrogens with zero attached hydrogens (tertiary/aromatic N) is 3. The molecule has 4 heterocycles. The van der Waals surface area contributed by atoms with Gasteiger partial charge in [-0.25, -0.2) is 0 Å². The van der Waals surface area contributed by atoms with Crippen LogP contribution in [0.1, 0.15) is 12.0 Å². The fraction of sp³-hybridized carbons (Fsp3) is 0.412. The van der Waals surface area contributed by atoms with Gasteiger partial charge >= 0.3 is 0 Å². The zero-order valence-electron chi connectivity index (χ0n) is 12.4. The van der Waals surface area contributed by atoms with Crippen LogP contribution < -0.4 is 4.90 Å². The highest BCUT2D eigenvalue weighted by Gasteiger charge is 2.43. The summed E-state index contributed by atoms with van der Waals surface area (Å²) in [6.45, 7) is 3.72. The fourth-order valence-corrected chi connectivity index (χ4v) is 4.34. The second-order valence-electron chi connectivity index (χ2n) is 6.18. The SMILES string of the molecule is O=C1C2CN(Cc3ccsc3)CC2CCN1c1cccnc1. The maximum atomic E-state index is 12.8. The summed E-state index contributed by atoms with van der Waals surface area (Å²) in [5.74, 6) is 0.934. The highest BCUT2D eigenvalue weighted by atomic mass is 32.1. The first-order chi connectivity index (χ1) is 10.8. The van der Waals surface area contributed by atoms with Crippen LogP contribution in [0.5, 0.6) is 0 Å². The highest BCUT2D eigenvalue weighted by molar-refractivity contribution is 7.07. The summed E-state index contributed by atoms with van der Waals surface area (Å²) in [5.41, 5.74) is 2.29. The van der Waals surface area contributed by atoms with Gasteiger partial charge in [0.15, 0.2) is 0 Å². The van der Waals surface area contributed by atoms with Crippen molar-refractivity contribution in [2.24, 2.45) is 11.8 Å². The van der Waals surface area contributed by atoms with Crippen molar-refractivity contribution in [3.63, 3.8) is 0 Å². The van der Waals surface area contributed by atoms with Crippen LogP contribution >= 0.6 is 11.3 Å². The quantitative estimate of drug-likeness (QED) is 0.874. The Balaban J connectivity index is 1.47. The maximum absolute atomic E-state index is 12.8. The number of likely N-dealkylation sites (tertiary alicyclic amines) is 1.